The highest BCUT2D eigenvalue weighted by molar-refractivity contribution is 5.85. The molecular weight excluding hydrogens is 394 g/mol. The van der Waals surface area contributed by atoms with Crippen molar-refractivity contribution in [2.45, 2.75) is 38.2 Å². The Bertz CT molecular complexity index is 735. The maximum absolute atomic E-state index is 12.9. The fourth-order valence-electron chi connectivity index (χ4n) is 2.35. The molecule has 1 aromatic carbocycles. The van der Waals surface area contributed by atoms with Gasteiger partial charge >= 0.3 is 18.3 Å². The average Bonchev–Trinajstić information content (AvgIpc) is 2.57. The number of hydrogen-bond donors (Lipinski definition) is 1. The molecule has 0 aromatic heterocycles. The lowest BCUT2D eigenvalue weighted by molar-refractivity contribution is -0.146. The van der Waals surface area contributed by atoms with Gasteiger partial charge in [-0.05, 0) is 23.8 Å². The van der Waals surface area contributed by atoms with Crippen molar-refractivity contribution in [3.05, 3.63) is 34.9 Å². The molecular formula is C17H16F6N2O3. The molecule has 0 saturated heterocycles. The van der Waals surface area contributed by atoms with Crippen LogP contribution in [0.3, 0.4) is 0 Å². The minimum Gasteiger partial charge on any atom is -0.467 e. The van der Waals surface area contributed by atoms with Crippen LogP contribution >= 0.6 is 0 Å². The number of carbonyl (C=O) groups excluding carboxylic acids is 2. The number of rotatable bonds is 6. The molecule has 0 unspecified atom stereocenters. The van der Waals surface area contributed by atoms with Crippen molar-refractivity contribution in [1.82, 2.24) is 5.32 Å². The molecule has 1 N–H and O–H groups in total. The number of esters is 1. The summed E-state index contributed by atoms with van der Waals surface area (Å²) in [6, 6.07) is 1.33. The number of halogens is 6. The standard InChI is InChI=1S/C17H16F6N2O3/c1-9(3-4-24)14(15(27)28-2)25-13(26)7-10-5-11(16(18,19)20)8-12(6-10)17(21,22)23/h5-6,8-9,14H,3,7H2,1-2H3,(H,25,26)/t9-,14-/m0/s1. The van der Waals surface area contributed by atoms with Crippen LogP contribution in [-0.4, -0.2) is 25.0 Å². The first-order valence-electron chi connectivity index (χ1n) is 7.82. The first-order valence-corrected chi connectivity index (χ1v) is 7.82. The van der Waals surface area contributed by atoms with Gasteiger partial charge in [-0.25, -0.2) is 4.79 Å². The third-order valence-electron chi connectivity index (χ3n) is 3.77. The maximum Gasteiger partial charge on any atom is 0.416 e. The second kappa shape index (κ2) is 8.95. The molecule has 1 amide bonds. The summed E-state index contributed by atoms with van der Waals surface area (Å²) in [5, 5.41) is 10.9. The molecule has 154 valence electrons. The van der Waals surface area contributed by atoms with Crippen LogP contribution in [0, 0.1) is 17.2 Å². The van der Waals surface area contributed by atoms with Gasteiger partial charge in [0.15, 0.2) is 0 Å². The summed E-state index contributed by atoms with van der Waals surface area (Å²) < 4.78 is 81.7. The van der Waals surface area contributed by atoms with Crippen molar-refractivity contribution >= 4 is 11.9 Å². The Hall–Kier alpha value is -2.77. The van der Waals surface area contributed by atoms with Gasteiger partial charge in [-0.3, -0.25) is 4.79 Å². The number of nitrogens with zero attached hydrogens (tertiary/aromatic N) is 1. The number of nitriles is 1. The fourth-order valence-corrected chi connectivity index (χ4v) is 2.35. The zero-order valence-corrected chi connectivity index (χ0v) is 14.7. The second-order valence-corrected chi connectivity index (χ2v) is 6.00. The lowest BCUT2D eigenvalue weighted by Crippen LogP contribution is -2.46. The van der Waals surface area contributed by atoms with Crippen LogP contribution < -0.4 is 5.32 Å². The third-order valence-corrected chi connectivity index (χ3v) is 3.77. The lowest BCUT2D eigenvalue weighted by Gasteiger charge is -2.21. The van der Waals surface area contributed by atoms with Crippen molar-refractivity contribution in [1.29, 1.82) is 5.26 Å². The maximum atomic E-state index is 12.9. The number of hydrogen-bond acceptors (Lipinski definition) is 4. The summed E-state index contributed by atoms with van der Waals surface area (Å²) in [6.45, 7) is 1.46. The molecule has 1 aromatic rings. The number of amides is 1. The van der Waals surface area contributed by atoms with Gasteiger partial charge in [-0.15, -0.1) is 0 Å². The number of nitrogens with one attached hydrogen (secondary N) is 1. The van der Waals surface area contributed by atoms with Crippen molar-refractivity contribution in [3.8, 4) is 6.07 Å². The lowest BCUT2D eigenvalue weighted by atomic mass is 9.98. The fraction of sp³-hybridized carbons (Fsp3) is 0.471. The Morgan fingerprint density at radius 2 is 1.61 bits per heavy atom. The van der Waals surface area contributed by atoms with Gasteiger partial charge in [0.05, 0.1) is 30.7 Å². The van der Waals surface area contributed by atoms with Crippen molar-refractivity contribution < 1.29 is 40.7 Å². The molecule has 0 aliphatic heterocycles. The van der Waals surface area contributed by atoms with E-state index in [1.165, 1.54) is 6.92 Å². The van der Waals surface area contributed by atoms with Crippen molar-refractivity contribution in [2.24, 2.45) is 5.92 Å². The first-order chi connectivity index (χ1) is 12.8. The Labute approximate surface area is 156 Å². The summed E-state index contributed by atoms with van der Waals surface area (Å²) >= 11 is 0. The van der Waals surface area contributed by atoms with Crippen molar-refractivity contribution in [3.63, 3.8) is 0 Å². The van der Waals surface area contributed by atoms with E-state index in [1.54, 1.807) is 6.07 Å². The molecule has 0 aliphatic carbocycles. The number of methoxy groups -OCH3 is 1. The van der Waals surface area contributed by atoms with Crippen LogP contribution in [0.4, 0.5) is 26.3 Å². The molecule has 0 heterocycles. The van der Waals surface area contributed by atoms with Gasteiger partial charge in [0, 0.05) is 12.3 Å². The van der Waals surface area contributed by atoms with E-state index in [2.05, 4.69) is 10.1 Å². The molecule has 0 spiro atoms. The highest BCUT2D eigenvalue weighted by Gasteiger charge is 2.37. The Balaban J connectivity index is 3.13. The predicted octanol–water partition coefficient (Wildman–Crippen LogP) is 3.47. The molecule has 0 bridgehead atoms. The molecule has 2 atom stereocenters. The van der Waals surface area contributed by atoms with Gasteiger partial charge in [0.25, 0.3) is 0 Å². The number of alkyl halides is 6. The topological polar surface area (TPSA) is 79.2 Å². The Morgan fingerprint density at radius 1 is 1.11 bits per heavy atom. The molecule has 0 saturated carbocycles. The number of benzene rings is 1. The van der Waals surface area contributed by atoms with Crippen LogP contribution in [0.15, 0.2) is 18.2 Å². The summed E-state index contributed by atoms with van der Waals surface area (Å²) in [6.07, 6.45) is -11.0. The van der Waals surface area contributed by atoms with E-state index < -0.39 is 59.3 Å². The van der Waals surface area contributed by atoms with E-state index in [-0.39, 0.29) is 12.5 Å². The van der Waals surface area contributed by atoms with E-state index in [9.17, 15) is 35.9 Å². The smallest absolute Gasteiger partial charge is 0.416 e. The monoisotopic (exact) mass is 410 g/mol. The van der Waals surface area contributed by atoms with Crippen LogP contribution in [0.5, 0.6) is 0 Å². The number of ether oxygens (including phenoxy) is 1. The van der Waals surface area contributed by atoms with Gasteiger partial charge in [-0.1, -0.05) is 6.92 Å². The van der Waals surface area contributed by atoms with Crippen molar-refractivity contribution in [2.75, 3.05) is 7.11 Å². The summed E-state index contributed by atoms with van der Waals surface area (Å²) in [5.74, 6) is -2.57. The summed E-state index contributed by atoms with van der Waals surface area (Å²) in [7, 11) is 1.03. The highest BCUT2D eigenvalue weighted by atomic mass is 19.4. The number of carbonyl (C=O) groups is 2. The van der Waals surface area contributed by atoms with E-state index in [1.807, 2.05) is 0 Å². The normalized spacial score (nSPS) is 14.0. The summed E-state index contributed by atoms with van der Waals surface area (Å²) in [4.78, 5) is 23.9. The summed E-state index contributed by atoms with van der Waals surface area (Å²) in [5.41, 5.74) is -3.63. The van der Waals surface area contributed by atoms with E-state index in [0.717, 1.165) is 7.11 Å². The molecule has 11 heteroatoms. The average molecular weight is 410 g/mol. The quantitative estimate of drug-likeness (QED) is 0.575. The first kappa shape index (κ1) is 23.3. The second-order valence-electron chi connectivity index (χ2n) is 6.00. The Morgan fingerprint density at radius 3 is 2.00 bits per heavy atom. The SMILES string of the molecule is COC(=O)[C@@H](NC(=O)Cc1cc(C(F)(F)F)cc(C(F)(F)F)c1)[C@@H](C)CC#N. The molecule has 0 aliphatic rings. The van der Waals surface area contributed by atoms with E-state index in [4.69, 9.17) is 5.26 Å². The Kier molecular flexibility index (Phi) is 7.43. The molecule has 1 rings (SSSR count). The zero-order chi connectivity index (χ0) is 21.7. The zero-order valence-electron chi connectivity index (χ0n) is 14.7. The predicted molar refractivity (Wildman–Crippen MR) is 83.5 cm³/mol. The van der Waals surface area contributed by atoms with Gasteiger partial charge in [0.1, 0.15) is 6.04 Å². The van der Waals surface area contributed by atoms with E-state index >= 15 is 0 Å². The molecule has 28 heavy (non-hydrogen) atoms. The van der Waals surface area contributed by atoms with Crippen LogP contribution in [0.25, 0.3) is 0 Å². The van der Waals surface area contributed by atoms with Crippen LogP contribution in [0.2, 0.25) is 0 Å². The highest BCUT2D eigenvalue weighted by Crippen LogP contribution is 2.36. The van der Waals surface area contributed by atoms with E-state index in [0.29, 0.717) is 12.1 Å². The minimum absolute atomic E-state index is 0.0480. The molecule has 0 fully saturated rings. The van der Waals surface area contributed by atoms with Gasteiger partial charge in [0.2, 0.25) is 5.91 Å². The largest absolute Gasteiger partial charge is 0.467 e. The van der Waals surface area contributed by atoms with Gasteiger partial charge in [-0.2, -0.15) is 31.6 Å². The molecule has 0 radical (unpaired) electrons. The minimum atomic E-state index is -5.04. The van der Waals surface area contributed by atoms with Gasteiger partial charge < -0.3 is 10.1 Å². The van der Waals surface area contributed by atoms with Crippen LogP contribution in [0.1, 0.15) is 30.0 Å². The van der Waals surface area contributed by atoms with Crippen LogP contribution in [-0.2, 0) is 33.1 Å². The molecule has 5 nitrogen and oxygen atoms in total. The third kappa shape index (κ3) is 6.44.